The van der Waals surface area contributed by atoms with Crippen LogP contribution < -0.4 is 9.47 Å². The Morgan fingerprint density at radius 1 is 0.689 bits per heavy atom. The van der Waals surface area contributed by atoms with Gasteiger partial charge in [-0.1, -0.05) is 98.6 Å². The zero-order valence-corrected chi connectivity index (χ0v) is 29.8. The van der Waals surface area contributed by atoms with Crippen LogP contribution in [-0.4, -0.2) is 24.5 Å². The van der Waals surface area contributed by atoms with Gasteiger partial charge in [-0.2, -0.15) is 15.2 Å². The van der Waals surface area contributed by atoms with E-state index in [0.29, 0.717) is 25.0 Å². The fraction of sp³-hybridized carbons (Fsp3) is 0.114. The molecule has 0 amide bonds. The molecular formula is C35H28Br2IN5O2. The molecule has 7 aromatic rings. The third-order valence-electron chi connectivity index (χ3n) is 7.13. The summed E-state index contributed by atoms with van der Waals surface area (Å²) in [4.78, 5) is 4.72. The smallest absolute Gasteiger partial charge is 0.226 e. The number of benzene rings is 4. The third kappa shape index (κ3) is 7.23. The lowest BCUT2D eigenvalue weighted by Gasteiger charge is -2.12. The maximum absolute atomic E-state index is 6.21. The number of rotatable bonds is 7. The van der Waals surface area contributed by atoms with Gasteiger partial charge in [0, 0.05) is 39.9 Å². The number of ether oxygens (including phenoxy) is 2. The Hall–Kier alpha value is -3.74. The molecule has 3 heterocycles. The minimum absolute atomic E-state index is 0.398. The number of hydrogen-bond acceptors (Lipinski definition) is 5. The molecule has 7 rings (SSSR count). The molecule has 0 aliphatic carbocycles. The highest BCUT2D eigenvalue weighted by Gasteiger charge is 2.19. The van der Waals surface area contributed by atoms with Crippen LogP contribution in [-0.2, 0) is 27.3 Å². The highest BCUT2D eigenvalue weighted by Crippen LogP contribution is 2.38. The van der Waals surface area contributed by atoms with Crippen LogP contribution in [0.4, 0.5) is 0 Å². The number of pyridine rings is 1. The molecule has 0 saturated carbocycles. The Morgan fingerprint density at radius 3 is 2.07 bits per heavy atom. The summed E-state index contributed by atoms with van der Waals surface area (Å²) < 4.78 is 19.1. The van der Waals surface area contributed by atoms with Crippen LogP contribution in [0.1, 0.15) is 11.1 Å². The summed E-state index contributed by atoms with van der Waals surface area (Å²) in [5.41, 5.74) is 5.95. The van der Waals surface area contributed by atoms with Crippen molar-refractivity contribution in [3.63, 3.8) is 0 Å². The van der Waals surface area contributed by atoms with Crippen molar-refractivity contribution in [2.75, 3.05) is 0 Å². The lowest BCUT2D eigenvalue weighted by molar-refractivity contribution is 0.268. The zero-order valence-electron chi connectivity index (χ0n) is 24.5. The molecule has 10 heteroatoms. The first-order valence-corrected chi connectivity index (χ1v) is 16.8. The first-order valence-electron chi connectivity index (χ1n) is 14.1. The molecule has 0 spiro atoms. The van der Waals surface area contributed by atoms with Crippen molar-refractivity contribution < 1.29 is 9.47 Å². The van der Waals surface area contributed by atoms with Gasteiger partial charge in [0.1, 0.15) is 22.6 Å². The summed E-state index contributed by atoms with van der Waals surface area (Å²) in [5, 5.41) is 11.3. The predicted molar refractivity (Wildman–Crippen MR) is 194 cm³/mol. The summed E-state index contributed by atoms with van der Waals surface area (Å²) in [6.45, 7) is 0.832. The van der Waals surface area contributed by atoms with Crippen LogP contribution in [0.25, 0.3) is 33.1 Å². The molecule has 0 saturated heterocycles. The molecule has 0 N–H and O–H groups in total. The topological polar surface area (TPSA) is 67.0 Å². The van der Waals surface area contributed by atoms with Crippen LogP contribution in [0.15, 0.2) is 118 Å². The van der Waals surface area contributed by atoms with Crippen molar-refractivity contribution in [1.82, 2.24) is 24.5 Å². The number of aromatic nitrogens is 5. The Labute approximate surface area is 291 Å². The minimum atomic E-state index is 0.398. The number of fused-ring (bicyclic) bond motifs is 2. The molecule has 7 nitrogen and oxygen atoms in total. The van der Waals surface area contributed by atoms with E-state index in [1.807, 2.05) is 121 Å². The van der Waals surface area contributed by atoms with Gasteiger partial charge in [0.15, 0.2) is 0 Å². The lowest BCUT2D eigenvalue weighted by atomic mass is 10.1. The van der Waals surface area contributed by atoms with Crippen LogP contribution in [0.3, 0.4) is 0 Å². The van der Waals surface area contributed by atoms with E-state index in [9.17, 15) is 0 Å². The van der Waals surface area contributed by atoms with Gasteiger partial charge in [0.2, 0.25) is 11.8 Å². The van der Waals surface area contributed by atoms with Gasteiger partial charge in [-0.15, -0.1) is 0 Å². The van der Waals surface area contributed by atoms with Gasteiger partial charge in [-0.3, -0.25) is 9.36 Å². The second kappa shape index (κ2) is 14.1. The second-order valence-electron chi connectivity index (χ2n) is 10.2. The van der Waals surface area contributed by atoms with Crippen molar-refractivity contribution in [2.24, 2.45) is 14.1 Å². The molecule has 0 aliphatic heterocycles. The Balaban J connectivity index is 0.000000248. The van der Waals surface area contributed by atoms with Crippen molar-refractivity contribution in [2.45, 2.75) is 13.2 Å². The van der Waals surface area contributed by atoms with Gasteiger partial charge >= 0.3 is 0 Å². The zero-order chi connectivity index (χ0) is 31.3. The first-order chi connectivity index (χ1) is 21.9. The van der Waals surface area contributed by atoms with E-state index < -0.39 is 0 Å². The number of nitrogens with zero attached hydrogens (tertiary/aromatic N) is 5. The maximum Gasteiger partial charge on any atom is 0.226 e. The van der Waals surface area contributed by atoms with Crippen molar-refractivity contribution in [3.05, 3.63) is 133 Å². The summed E-state index contributed by atoms with van der Waals surface area (Å²) in [6.07, 6.45) is 0. The molecule has 0 radical (unpaired) electrons. The van der Waals surface area contributed by atoms with Crippen molar-refractivity contribution in [3.8, 4) is 23.0 Å². The quantitative estimate of drug-likeness (QED) is 0.150. The fourth-order valence-electron chi connectivity index (χ4n) is 4.90. The molecule has 0 atom stereocenters. The molecule has 0 unspecified atom stereocenters. The van der Waals surface area contributed by atoms with Crippen molar-refractivity contribution in [1.29, 1.82) is 0 Å². The van der Waals surface area contributed by atoms with Crippen LogP contribution in [0.2, 0.25) is 0 Å². The molecule has 4 aromatic carbocycles. The molecule has 45 heavy (non-hydrogen) atoms. The monoisotopic (exact) mass is 835 g/mol. The van der Waals surface area contributed by atoms with Gasteiger partial charge in [-0.05, 0) is 70.1 Å². The number of aryl methyl sites for hydroxylation is 2. The second-order valence-corrected chi connectivity index (χ2v) is 13.0. The first kappa shape index (κ1) is 31.3. The average molecular weight is 837 g/mol. The molecule has 0 aliphatic rings. The largest absolute Gasteiger partial charge is 0.473 e. The summed E-state index contributed by atoms with van der Waals surface area (Å²) in [7, 11) is 3.89. The SMILES string of the molecule is Cn1nc(-c2ccc(OCc3ccccc3)nc2OCc2ccccc2)c2c(Br)cccc21.Cn1nc(I)c2ccc(Br)cc21. The Bertz CT molecular complexity index is 2080. The molecule has 0 bridgehead atoms. The minimum Gasteiger partial charge on any atom is -0.473 e. The fourth-order valence-corrected chi connectivity index (χ4v) is 6.57. The molecule has 3 aromatic heterocycles. The lowest BCUT2D eigenvalue weighted by Crippen LogP contribution is -2.03. The Morgan fingerprint density at radius 2 is 1.36 bits per heavy atom. The van der Waals surface area contributed by atoms with E-state index in [1.165, 1.54) is 5.39 Å². The van der Waals surface area contributed by atoms with E-state index in [1.54, 1.807) is 0 Å². The van der Waals surface area contributed by atoms with Crippen molar-refractivity contribution >= 4 is 76.3 Å². The van der Waals surface area contributed by atoms with Crippen LogP contribution in [0.5, 0.6) is 11.8 Å². The number of hydrogen-bond donors (Lipinski definition) is 0. The van der Waals surface area contributed by atoms with E-state index in [-0.39, 0.29) is 0 Å². The van der Waals surface area contributed by atoms with Gasteiger partial charge in [0.05, 0.1) is 16.6 Å². The van der Waals surface area contributed by atoms with Gasteiger partial charge < -0.3 is 9.47 Å². The summed E-state index contributed by atoms with van der Waals surface area (Å²) in [5.74, 6) is 0.991. The standard InChI is InChI=1S/C27H22BrN3O2.C8H6BrIN2/c1-31-23-14-8-13-22(28)25(23)26(30-31)21-15-16-24(32-17-19-9-4-2-5-10-19)29-27(21)33-18-20-11-6-3-7-12-20;1-12-7-4-5(9)2-3-6(7)8(10)11-12/h2-16H,17-18H2,1H3;2-4H,1H3. The van der Waals surface area contributed by atoms with Crippen LogP contribution >= 0.6 is 54.5 Å². The predicted octanol–water partition coefficient (Wildman–Crippen LogP) is 9.50. The van der Waals surface area contributed by atoms with Gasteiger partial charge in [0.25, 0.3) is 0 Å². The van der Waals surface area contributed by atoms with E-state index in [2.05, 4.69) is 71.7 Å². The normalized spacial score (nSPS) is 11.0. The van der Waals surface area contributed by atoms with E-state index >= 15 is 0 Å². The Kier molecular flexibility index (Phi) is 9.82. The maximum atomic E-state index is 6.21. The third-order valence-corrected chi connectivity index (χ3v) is 9.08. The highest BCUT2D eigenvalue weighted by molar-refractivity contribution is 14.1. The molecule has 226 valence electrons. The summed E-state index contributed by atoms with van der Waals surface area (Å²) in [6, 6.07) is 36.2. The molecule has 0 fully saturated rings. The van der Waals surface area contributed by atoms with E-state index in [4.69, 9.17) is 19.6 Å². The highest BCUT2D eigenvalue weighted by atomic mass is 127. The molecular weight excluding hydrogens is 809 g/mol. The average Bonchev–Trinajstić information content (AvgIpc) is 3.55. The van der Waals surface area contributed by atoms with Gasteiger partial charge in [-0.25, -0.2) is 0 Å². The van der Waals surface area contributed by atoms with Crippen LogP contribution in [0, 0.1) is 3.70 Å². The van der Waals surface area contributed by atoms with E-state index in [0.717, 1.165) is 51.5 Å². The summed E-state index contributed by atoms with van der Waals surface area (Å²) >= 11 is 9.36. The number of halogens is 3.